The van der Waals surface area contributed by atoms with Gasteiger partial charge in [-0.1, -0.05) is 17.7 Å². The Balaban J connectivity index is 2.04. The molecule has 0 spiro atoms. The Kier molecular flexibility index (Phi) is 4.58. The summed E-state index contributed by atoms with van der Waals surface area (Å²) >= 11 is 9.42. The molecule has 2 aromatic rings. The minimum atomic E-state index is 0.384. The highest BCUT2D eigenvalue weighted by Crippen LogP contribution is 2.26. The number of pyridine rings is 1. The van der Waals surface area contributed by atoms with E-state index in [0.717, 1.165) is 15.7 Å². The molecule has 5 heteroatoms. The van der Waals surface area contributed by atoms with E-state index in [-0.39, 0.29) is 0 Å². The summed E-state index contributed by atoms with van der Waals surface area (Å²) in [5.74, 6) is 0.638. The monoisotopic (exact) mass is 326 g/mol. The summed E-state index contributed by atoms with van der Waals surface area (Å²) in [5, 5.41) is 0.565. The maximum Gasteiger partial charge on any atom is 0.138 e. The predicted octanol–water partition coefficient (Wildman–Crippen LogP) is 3.54. The maximum absolute atomic E-state index is 6.09. The number of rotatable bonds is 4. The molecule has 1 aromatic heterocycles. The maximum atomic E-state index is 6.09. The SMILES string of the molecule is NCc1ccc(OCc2ccc(Br)cn2)c(Cl)c1. The van der Waals surface area contributed by atoms with Crippen LogP contribution in [-0.4, -0.2) is 4.98 Å². The van der Waals surface area contributed by atoms with Crippen LogP contribution in [0.25, 0.3) is 0 Å². The van der Waals surface area contributed by atoms with Crippen molar-refractivity contribution in [1.29, 1.82) is 0 Å². The molecule has 0 aliphatic heterocycles. The fraction of sp³-hybridized carbons (Fsp3) is 0.154. The zero-order valence-corrected chi connectivity index (χ0v) is 11.9. The molecule has 0 saturated carbocycles. The third-order valence-corrected chi connectivity index (χ3v) is 3.16. The lowest BCUT2D eigenvalue weighted by atomic mass is 10.2. The molecule has 1 aromatic carbocycles. The highest BCUT2D eigenvalue weighted by atomic mass is 79.9. The van der Waals surface area contributed by atoms with Gasteiger partial charge < -0.3 is 10.5 Å². The van der Waals surface area contributed by atoms with Crippen LogP contribution in [0.1, 0.15) is 11.3 Å². The van der Waals surface area contributed by atoms with E-state index in [2.05, 4.69) is 20.9 Å². The fourth-order valence-corrected chi connectivity index (χ4v) is 1.92. The third kappa shape index (κ3) is 3.45. The van der Waals surface area contributed by atoms with E-state index in [9.17, 15) is 0 Å². The average Bonchev–Trinajstić information content (AvgIpc) is 2.39. The van der Waals surface area contributed by atoms with Gasteiger partial charge in [0.25, 0.3) is 0 Å². The number of hydrogen-bond donors (Lipinski definition) is 1. The van der Waals surface area contributed by atoms with Crippen LogP contribution in [0.2, 0.25) is 5.02 Å². The molecule has 0 radical (unpaired) electrons. The van der Waals surface area contributed by atoms with Gasteiger partial charge in [0, 0.05) is 17.2 Å². The molecule has 3 nitrogen and oxygen atoms in total. The lowest BCUT2D eigenvalue weighted by molar-refractivity contribution is 0.301. The molecule has 2 N–H and O–H groups in total. The van der Waals surface area contributed by atoms with Crippen LogP contribution in [0.3, 0.4) is 0 Å². The summed E-state index contributed by atoms with van der Waals surface area (Å²) in [4.78, 5) is 4.22. The van der Waals surface area contributed by atoms with Crippen molar-refractivity contribution < 1.29 is 4.74 Å². The molecule has 94 valence electrons. The first-order valence-corrected chi connectivity index (χ1v) is 6.58. The standard InChI is InChI=1S/C13H12BrClN2O/c14-10-2-3-11(17-7-10)8-18-13-4-1-9(6-16)5-12(13)15/h1-5,7H,6,8,16H2. The van der Waals surface area contributed by atoms with Gasteiger partial charge in [0.05, 0.1) is 10.7 Å². The Bertz CT molecular complexity index is 531. The van der Waals surface area contributed by atoms with Gasteiger partial charge in [-0.15, -0.1) is 0 Å². The van der Waals surface area contributed by atoms with Crippen LogP contribution in [0.4, 0.5) is 0 Å². The van der Waals surface area contributed by atoms with Crippen molar-refractivity contribution in [2.45, 2.75) is 13.2 Å². The van der Waals surface area contributed by atoms with E-state index in [1.54, 1.807) is 6.20 Å². The lowest BCUT2D eigenvalue weighted by Gasteiger charge is -2.08. The first kappa shape index (κ1) is 13.3. The van der Waals surface area contributed by atoms with Crippen LogP contribution in [0.5, 0.6) is 5.75 Å². The molecular formula is C13H12BrClN2O. The normalized spacial score (nSPS) is 10.4. The lowest BCUT2D eigenvalue weighted by Crippen LogP contribution is -2.00. The number of benzene rings is 1. The molecule has 0 aliphatic carbocycles. The molecule has 2 rings (SSSR count). The van der Waals surface area contributed by atoms with Crippen molar-refractivity contribution in [3.63, 3.8) is 0 Å². The first-order chi connectivity index (χ1) is 8.69. The van der Waals surface area contributed by atoms with E-state index < -0.39 is 0 Å². The zero-order chi connectivity index (χ0) is 13.0. The minimum Gasteiger partial charge on any atom is -0.486 e. The van der Waals surface area contributed by atoms with Crippen molar-refractivity contribution in [2.75, 3.05) is 0 Å². The van der Waals surface area contributed by atoms with E-state index >= 15 is 0 Å². The molecule has 18 heavy (non-hydrogen) atoms. The number of nitrogens with zero attached hydrogens (tertiary/aromatic N) is 1. The fourth-order valence-electron chi connectivity index (χ4n) is 1.43. The van der Waals surface area contributed by atoms with E-state index in [0.29, 0.717) is 23.9 Å². The van der Waals surface area contributed by atoms with Gasteiger partial charge in [-0.2, -0.15) is 0 Å². The van der Waals surface area contributed by atoms with Gasteiger partial charge in [-0.05, 0) is 45.8 Å². The summed E-state index contributed by atoms with van der Waals surface area (Å²) in [6, 6.07) is 9.35. The first-order valence-electron chi connectivity index (χ1n) is 5.41. The predicted molar refractivity (Wildman–Crippen MR) is 75.6 cm³/mol. The van der Waals surface area contributed by atoms with Crippen molar-refractivity contribution in [3.05, 3.63) is 57.3 Å². The minimum absolute atomic E-state index is 0.384. The van der Waals surface area contributed by atoms with E-state index in [4.69, 9.17) is 22.1 Å². The highest BCUT2D eigenvalue weighted by molar-refractivity contribution is 9.10. The van der Waals surface area contributed by atoms with Crippen LogP contribution < -0.4 is 10.5 Å². The molecule has 0 atom stereocenters. The topological polar surface area (TPSA) is 48.1 Å². The Morgan fingerprint density at radius 3 is 2.72 bits per heavy atom. The van der Waals surface area contributed by atoms with Crippen LogP contribution in [0.15, 0.2) is 41.0 Å². The highest BCUT2D eigenvalue weighted by Gasteiger charge is 2.03. The van der Waals surface area contributed by atoms with Gasteiger partial charge in [-0.25, -0.2) is 0 Å². The van der Waals surface area contributed by atoms with Gasteiger partial charge in [0.15, 0.2) is 0 Å². The number of ether oxygens (including phenoxy) is 1. The number of nitrogens with two attached hydrogens (primary N) is 1. The molecule has 0 bridgehead atoms. The summed E-state index contributed by atoms with van der Waals surface area (Å²) in [5.41, 5.74) is 7.36. The molecule has 0 aliphatic rings. The zero-order valence-electron chi connectivity index (χ0n) is 9.57. The third-order valence-electron chi connectivity index (χ3n) is 2.40. The number of halogens is 2. The van der Waals surface area contributed by atoms with Crippen molar-refractivity contribution in [2.24, 2.45) is 5.73 Å². The van der Waals surface area contributed by atoms with Crippen LogP contribution in [-0.2, 0) is 13.2 Å². The number of aromatic nitrogens is 1. The Morgan fingerprint density at radius 1 is 1.28 bits per heavy atom. The summed E-state index contributed by atoms with van der Waals surface area (Å²) < 4.78 is 6.55. The average molecular weight is 328 g/mol. The van der Waals surface area contributed by atoms with Gasteiger partial charge in [-0.3, -0.25) is 4.98 Å². The molecule has 0 fully saturated rings. The van der Waals surface area contributed by atoms with E-state index in [1.807, 2.05) is 30.3 Å². The van der Waals surface area contributed by atoms with Gasteiger partial charge in [0.2, 0.25) is 0 Å². The second-order valence-corrected chi connectivity index (χ2v) is 5.05. The summed E-state index contributed by atoms with van der Waals surface area (Å²) in [7, 11) is 0. The Hall–Kier alpha value is -1.10. The second-order valence-electron chi connectivity index (χ2n) is 3.73. The van der Waals surface area contributed by atoms with Gasteiger partial charge >= 0.3 is 0 Å². The largest absolute Gasteiger partial charge is 0.486 e. The summed E-state index contributed by atoms with van der Waals surface area (Å²) in [6.07, 6.45) is 1.73. The smallest absolute Gasteiger partial charge is 0.138 e. The molecular weight excluding hydrogens is 316 g/mol. The van der Waals surface area contributed by atoms with Crippen LogP contribution >= 0.6 is 27.5 Å². The molecule has 0 saturated heterocycles. The Labute approximate surface area is 119 Å². The van der Waals surface area contributed by atoms with Crippen LogP contribution in [0, 0.1) is 0 Å². The molecule has 0 unspecified atom stereocenters. The van der Waals surface area contributed by atoms with Gasteiger partial charge in [0.1, 0.15) is 12.4 Å². The number of hydrogen-bond acceptors (Lipinski definition) is 3. The summed E-state index contributed by atoms with van der Waals surface area (Å²) in [6.45, 7) is 0.850. The molecule has 0 amide bonds. The van der Waals surface area contributed by atoms with Crippen molar-refractivity contribution >= 4 is 27.5 Å². The quantitative estimate of drug-likeness (QED) is 0.934. The second kappa shape index (κ2) is 6.18. The van der Waals surface area contributed by atoms with E-state index in [1.165, 1.54) is 0 Å². The Morgan fingerprint density at radius 2 is 2.11 bits per heavy atom. The molecule has 1 heterocycles. The van der Waals surface area contributed by atoms with Crippen molar-refractivity contribution in [1.82, 2.24) is 4.98 Å². The van der Waals surface area contributed by atoms with Crippen molar-refractivity contribution in [3.8, 4) is 5.75 Å².